The molecule has 1 aromatic rings. The summed E-state index contributed by atoms with van der Waals surface area (Å²) >= 11 is 0. The molecule has 1 saturated carbocycles. The third-order valence-electron chi connectivity index (χ3n) is 5.32. The number of fused-ring (bicyclic) bond motifs is 1. The summed E-state index contributed by atoms with van der Waals surface area (Å²) in [7, 11) is 0. The first-order chi connectivity index (χ1) is 10.3. The summed E-state index contributed by atoms with van der Waals surface area (Å²) in [5.41, 5.74) is 3.07. The van der Waals surface area contributed by atoms with Gasteiger partial charge >= 0.3 is 0 Å². The lowest BCUT2D eigenvalue weighted by Crippen LogP contribution is -2.38. The Bertz CT molecular complexity index is 538. The molecule has 0 N–H and O–H groups in total. The monoisotopic (exact) mass is 284 g/mol. The van der Waals surface area contributed by atoms with Crippen LogP contribution in [0.15, 0.2) is 24.3 Å². The van der Waals surface area contributed by atoms with Crippen LogP contribution in [0.25, 0.3) is 0 Å². The lowest BCUT2D eigenvalue weighted by molar-refractivity contribution is -0.127. The highest BCUT2D eigenvalue weighted by Crippen LogP contribution is 2.41. The Hall–Kier alpha value is -1.35. The molecule has 0 bridgehead atoms. The van der Waals surface area contributed by atoms with Gasteiger partial charge in [-0.3, -0.25) is 9.69 Å². The number of carbonyl (C=O) groups is 1. The van der Waals surface area contributed by atoms with E-state index in [-0.39, 0.29) is 0 Å². The molecule has 4 rings (SSSR count). The number of aryl methyl sites for hydroxylation is 1. The van der Waals surface area contributed by atoms with E-state index in [2.05, 4.69) is 34.1 Å². The van der Waals surface area contributed by atoms with Gasteiger partial charge in [0, 0.05) is 38.1 Å². The fourth-order valence-corrected chi connectivity index (χ4v) is 4.05. The summed E-state index contributed by atoms with van der Waals surface area (Å²) in [6.45, 7) is 2.95. The van der Waals surface area contributed by atoms with Gasteiger partial charge in [-0.05, 0) is 43.2 Å². The predicted octanol–water partition coefficient (Wildman–Crippen LogP) is 2.76. The predicted molar refractivity (Wildman–Crippen MR) is 83.0 cm³/mol. The molecule has 3 heteroatoms. The largest absolute Gasteiger partial charge is 0.341 e. The second kappa shape index (κ2) is 5.45. The van der Waals surface area contributed by atoms with Crippen LogP contribution in [0.2, 0.25) is 0 Å². The minimum absolute atomic E-state index is 0.359. The van der Waals surface area contributed by atoms with Gasteiger partial charge in [0.2, 0.25) is 5.91 Å². The van der Waals surface area contributed by atoms with Crippen molar-refractivity contribution in [1.29, 1.82) is 0 Å². The highest BCUT2D eigenvalue weighted by molar-refractivity contribution is 5.78. The van der Waals surface area contributed by atoms with E-state index in [9.17, 15) is 4.79 Å². The van der Waals surface area contributed by atoms with Gasteiger partial charge in [0.1, 0.15) is 0 Å². The van der Waals surface area contributed by atoms with Gasteiger partial charge in [-0.15, -0.1) is 0 Å². The van der Waals surface area contributed by atoms with Crippen LogP contribution in [0.4, 0.5) is 0 Å². The molecule has 112 valence electrons. The van der Waals surface area contributed by atoms with Crippen molar-refractivity contribution in [2.45, 2.75) is 50.6 Å². The first kappa shape index (κ1) is 13.3. The molecule has 2 fully saturated rings. The lowest BCUT2D eigenvalue weighted by Gasteiger charge is -2.31. The lowest BCUT2D eigenvalue weighted by atomic mass is 10.1. The van der Waals surface area contributed by atoms with Crippen molar-refractivity contribution in [3.8, 4) is 0 Å². The number of nitrogens with zero attached hydrogens (tertiary/aromatic N) is 2. The molecule has 2 aliphatic carbocycles. The second-order valence-electron chi connectivity index (χ2n) is 6.71. The van der Waals surface area contributed by atoms with Crippen LogP contribution in [0.3, 0.4) is 0 Å². The van der Waals surface area contributed by atoms with E-state index < -0.39 is 0 Å². The molecule has 1 atom stereocenters. The Labute approximate surface area is 126 Å². The van der Waals surface area contributed by atoms with Crippen LogP contribution < -0.4 is 0 Å². The number of benzene rings is 1. The normalized spacial score (nSPS) is 24.9. The zero-order chi connectivity index (χ0) is 14.2. The molecule has 1 aromatic carbocycles. The van der Waals surface area contributed by atoms with Crippen molar-refractivity contribution in [3.63, 3.8) is 0 Å². The number of hydrogen-bond donors (Lipinski definition) is 0. The first-order valence-corrected chi connectivity index (χ1v) is 8.44. The molecule has 1 amide bonds. The van der Waals surface area contributed by atoms with Gasteiger partial charge < -0.3 is 4.90 Å². The molecule has 0 spiro atoms. The van der Waals surface area contributed by atoms with Gasteiger partial charge in [-0.1, -0.05) is 24.3 Å². The Morgan fingerprint density at radius 1 is 1.14 bits per heavy atom. The van der Waals surface area contributed by atoms with Crippen LogP contribution in [0, 0.1) is 0 Å². The highest BCUT2D eigenvalue weighted by atomic mass is 16.2. The van der Waals surface area contributed by atoms with Crippen molar-refractivity contribution in [2.24, 2.45) is 0 Å². The Morgan fingerprint density at radius 2 is 2.00 bits per heavy atom. The number of amides is 1. The second-order valence-corrected chi connectivity index (χ2v) is 6.71. The van der Waals surface area contributed by atoms with Crippen molar-refractivity contribution < 1.29 is 4.79 Å². The van der Waals surface area contributed by atoms with Crippen LogP contribution in [0.5, 0.6) is 0 Å². The third-order valence-corrected chi connectivity index (χ3v) is 5.32. The van der Waals surface area contributed by atoms with Crippen LogP contribution in [-0.4, -0.2) is 41.4 Å². The molecule has 1 heterocycles. The molecule has 1 unspecified atom stereocenters. The van der Waals surface area contributed by atoms with Crippen molar-refractivity contribution >= 4 is 5.91 Å². The standard InChI is InChI=1S/C18H24N2O/c21-18-6-3-11-19(18)12-13-20(15-8-9-15)17-10-7-14-4-1-2-5-16(14)17/h1-2,4-5,15,17H,3,6-13H2. The summed E-state index contributed by atoms with van der Waals surface area (Å²) in [4.78, 5) is 16.6. The van der Waals surface area contributed by atoms with Crippen LogP contribution in [0.1, 0.15) is 49.3 Å². The van der Waals surface area contributed by atoms with Crippen molar-refractivity contribution in [3.05, 3.63) is 35.4 Å². The maximum Gasteiger partial charge on any atom is 0.222 e. The summed E-state index contributed by atoms with van der Waals surface area (Å²) in [6, 6.07) is 10.3. The fraction of sp³-hybridized carbons (Fsp3) is 0.611. The fourth-order valence-electron chi connectivity index (χ4n) is 4.05. The van der Waals surface area contributed by atoms with E-state index in [0.29, 0.717) is 11.9 Å². The minimum Gasteiger partial charge on any atom is -0.341 e. The number of likely N-dealkylation sites (tertiary alicyclic amines) is 1. The molecular formula is C18H24N2O. The quantitative estimate of drug-likeness (QED) is 0.830. The molecule has 1 saturated heterocycles. The Balaban J connectivity index is 1.47. The maximum absolute atomic E-state index is 11.8. The van der Waals surface area contributed by atoms with E-state index in [0.717, 1.165) is 38.5 Å². The molecule has 1 aliphatic heterocycles. The summed E-state index contributed by atoms with van der Waals surface area (Å²) in [6.07, 6.45) is 6.96. The van der Waals surface area contributed by atoms with E-state index in [4.69, 9.17) is 0 Å². The molecule has 0 aromatic heterocycles. The summed E-state index contributed by atoms with van der Waals surface area (Å²) < 4.78 is 0. The Kier molecular flexibility index (Phi) is 3.46. The van der Waals surface area contributed by atoms with Crippen molar-refractivity contribution in [2.75, 3.05) is 19.6 Å². The van der Waals surface area contributed by atoms with E-state index in [1.54, 1.807) is 0 Å². The molecular weight excluding hydrogens is 260 g/mol. The topological polar surface area (TPSA) is 23.6 Å². The van der Waals surface area contributed by atoms with Crippen LogP contribution in [-0.2, 0) is 11.2 Å². The number of hydrogen-bond acceptors (Lipinski definition) is 2. The molecule has 3 aliphatic rings. The molecule has 21 heavy (non-hydrogen) atoms. The zero-order valence-corrected chi connectivity index (χ0v) is 12.6. The Morgan fingerprint density at radius 3 is 2.76 bits per heavy atom. The average molecular weight is 284 g/mol. The van der Waals surface area contributed by atoms with Crippen LogP contribution >= 0.6 is 0 Å². The zero-order valence-electron chi connectivity index (χ0n) is 12.6. The SMILES string of the molecule is O=C1CCCN1CCN(C1CC1)C1CCc2ccccc21. The third kappa shape index (κ3) is 2.59. The van der Waals surface area contributed by atoms with Gasteiger partial charge in [-0.25, -0.2) is 0 Å². The van der Waals surface area contributed by atoms with Gasteiger partial charge in [0.05, 0.1) is 0 Å². The maximum atomic E-state index is 11.8. The van der Waals surface area contributed by atoms with E-state index >= 15 is 0 Å². The summed E-state index contributed by atoms with van der Waals surface area (Å²) in [5, 5.41) is 0. The van der Waals surface area contributed by atoms with Gasteiger partial charge in [-0.2, -0.15) is 0 Å². The smallest absolute Gasteiger partial charge is 0.222 e. The van der Waals surface area contributed by atoms with E-state index in [1.807, 2.05) is 0 Å². The average Bonchev–Trinajstić information content (AvgIpc) is 3.13. The molecule has 0 radical (unpaired) electrons. The van der Waals surface area contributed by atoms with E-state index in [1.165, 1.54) is 36.8 Å². The van der Waals surface area contributed by atoms with Gasteiger partial charge in [0.15, 0.2) is 0 Å². The van der Waals surface area contributed by atoms with Crippen molar-refractivity contribution in [1.82, 2.24) is 9.80 Å². The number of carbonyl (C=O) groups excluding carboxylic acids is 1. The molecule has 3 nitrogen and oxygen atoms in total. The first-order valence-electron chi connectivity index (χ1n) is 8.44. The summed E-state index contributed by atoms with van der Waals surface area (Å²) in [5.74, 6) is 0.359. The number of rotatable bonds is 5. The van der Waals surface area contributed by atoms with Gasteiger partial charge in [0.25, 0.3) is 0 Å². The minimum atomic E-state index is 0.359. The highest BCUT2D eigenvalue weighted by Gasteiger charge is 2.37.